The van der Waals surface area contributed by atoms with Crippen molar-refractivity contribution in [1.29, 1.82) is 0 Å². The second kappa shape index (κ2) is 6.04. The number of ether oxygens (including phenoxy) is 1. The van der Waals surface area contributed by atoms with Crippen molar-refractivity contribution in [2.45, 2.75) is 20.4 Å². The van der Waals surface area contributed by atoms with Crippen LogP contribution in [-0.4, -0.2) is 17.5 Å². The van der Waals surface area contributed by atoms with Gasteiger partial charge in [0.25, 0.3) is 5.91 Å². The number of carbonyl (C=O) groups excluding carboxylic acids is 1. The molecule has 1 aromatic heterocycles. The zero-order valence-electron chi connectivity index (χ0n) is 11.0. The van der Waals surface area contributed by atoms with E-state index in [-0.39, 0.29) is 12.5 Å². The lowest BCUT2D eigenvalue weighted by Crippen LogP contribution is -2.28. The van der Waals surface area contributed by atoms with E-state index in [1.807, 2.05) is 38.1 Å². The maximum absolute atomic E-state index is 11.6. The Balaban J connectivity index is 1.76. The van der Waals surface area contributed by atoms with Gasteiger partial charge in [0.15, 0.2) is 13.0 Å². The molecule has 1 N–H and O–H groups in total. The number of hydrogen-bond donors (Lipinski definition) is 1. The van der Waals surface area contributed by atoms with Crippen LogP contribution in [0.2, 0.25) is 0 Å². The lowest BCUT2D eigenvalue weighted by molar-refractivity contribution is -0.123. The molecule has 0 fully saturated rings. The minimum atomic E-state index is -0.198. The molecule has 0 bridgehead atoms. The summed E-state index contributed by atoms with van der Waals surface area (Å²) in [5.74, 6) is 1.14. The number of amides is 1. The van der Waals surface area contributed by atoms with Crippen molar-refractivity contribution in [1.82, 2.24) is 10.3 Å². The van der Waals surface area contributed by atoms with Crippen molar-refractivity contribution < 1.29 is 13.9 Å². The Morgan fingerprint density at radius 1 is 1.32 bits per heavy atom. The molecule has 2 aromatic rings. The van der Waals surface area contributed by atoms with Crippen molar-refractivity contribution in [2.24, 2.45) is 0 Å². The van der Waals surface area contributed by atoms with Crippen LogP contribution < -0.4 is 10.1 Å². The third-order valence-electron chi connectivity index (χ3n) is 2.68. The number of rotatable bonds is 5. The van der Waals surface area contributed by atoms with Gasteiger partial charge in [0.1, 0.15) is 11.5 Å². The van der Waals surface area contributed by atoms with E-state index in [4.69, 9.17) is 9.15 Å². The van der Waals surface area contributed by atoms with Gasteiger partial charge in [0, 0.05) is 0 Å². The fourth-order valence-electron chi connectivity index (χ4n) is 1.51. The van der Waals surface area contributed by atoms with E-state index < -0.39 is 0 Å². The molecule has 0 spiro atoms. The summed E-state index contributed by atoms with van der Waals surface area (Å²) in [6.07, 6.45) is 1.36. The first kappa shape index (κ1) is 13.1. The summed E-state index contributed by atoms with van der Waals surface area (Å²) in [4.78, 5) is 15.5. The summed E-state index contributed by atoms with van der Waals surface area (Å²) in [6, 6.07) is 7.54. The van der Waals surface area contributed by atoms with Gasteiger partial charge in [-0.2, -0.15) is 0 Å². The first-order valence-electron chi connectivity index (χ1n) is 6.00. The fraction of sp³-hybridized carbons (Fsp3) is 0.286. The van der Waals surface area contributed by atoms with Gasteiger partial charge in [0.05, 0.1) is 12.2 Å². The van der Waals surface area contributed by atoms with Crippen molar-refractivity contribution in [3.63, 3.8) is 0 Å². The summed E-state index contributed by atoms with van der Waals surface area (Å²) < 4.78 is 10.5. The van der Waals surface area contributed by atoms with Crippen LogP contribution in [-0.2, 0) is 11.3 Å². The normalized spacial score (nSPS) is 10.2. The Hall–Kier alpha value is -2.30. The summed E-state index contributed by atoms with van der Waals surface area (Å²) >= 11 is 0. The van der Waals surface area contributed by atoms with Crippen LogP contribution in [0.5, 0.6) is 5.75 Å². The first-order valence-corrected chi connectivity index (χ1v) is 6.00. The molecule has 0 unspecified atom stereocenters. The van der Waals surface area contributed by atoms with Crippen molar-refractivity contribution in [2.75, 3.05) is 6.61 Å². The predicted molar refractivity (Wildman–Crippen MR) is 69.8 cm³/mol. The largest absolute Gasteiger partial charge is 0.484 e. The standard InChI is InChI=1S/C14H16N2O3/c1-10-3-5-12(6-4-10)18-8-14(17)15-7-13-11(2)16-9-19-13/h3-6,9H,7-8H2,1-2H3,(H,15,17). The molecule has 0 saturated heterocycles. The maximum Gasteiger partial charge on any atom is 0.258 e. The lowest BCUT2D eigenvalue weighted by atomic mass is 10.2. The third-order valence-corrected chi connectivity index (χ3v) is 2.68. The molecule has 0 aliphatic carbocycles. The SMILES string of the molecule is Cc1ccc(OCC(=O)NCc2ocnc2C)cc1. The zero-order chi connectivity index (χ0) is 13.7. The van der Waals surface area contributed by atoms with Crippen molar-refractivity contribution in [3.05, 3.63) is 47.7 Å². The highest BCUT2D eigenvalue weighted by Gasteiger charge is 2.07. The Bertz CT molecular complexity index is 546. The monoisotopic (exact) mass is 260 g/mol. The molecule has 0 aliphatic heterocycles. The van der Waals surface area contributed by atoms with Gasteiger partial charge in [-0.3, -0.25) is 4.79 Å². The van der Waals surface area contributed by atoms with Gasteiger partial charge in [-0.25, -0.2) is 4.98 Å². The molecular weight excluding hydrogens is 244 g/mol. The van der Waals surface area contributed by atoms with Crippen molar-refractivity contribution >= 4 is 5.91 Å². The molecule has 19 heavy (non-hydrogen) atoms. The highest BCUT2D eigenvalue weighted by Crippen LogP contribution is 2.11. The lowest BCUT2D eigenvalue weighted by Gasteiger charge is -2.06. The number of carbonyl (C=O) groups is 1. The van der Waals surface area contributed by atoms with Gasteiger partial charge in [0.2, 0.25) is 0 Å². The van der Waals surface area contributed by atoms with Crippen LogP contribution >= 0.6 is 0 Å². The topological polar surface area (TPSA) is 64.4 Å². The van der Waals surface area contributed by atoms with E-state index >= 15 is 0 Å². The highest BCUT2D eigenvalue weighted by molar-refractivity contribution is 5.77. The van der Waals surface area contributed by atoms with E-state index in [0.717, 1.165) is 11.3 Å². The smallest absolute Gasteiger partial charge is 0.258 e. The van der Waals surface area contributed by atoms with Crippen LogP contribution in [0.25, 0.3) is 0 Å². The van der Waals surface area contributed by atoms with Gasteiger partial charge < -0.3 is 14.5 Å². The number of aryl methyl sites for hydroxylation is 2. The van der Waals surface area contributed by atoms with Crippen LogP contribution in [0, 0.1) is 13.8 Å². The highest BCUT2D eigenvalue weighted by atomic mass is 16.5. The second-order valence-corrected chi connectivity index (χ2v) is 4.24. The molecule has 5 heteroatoms. The number of aromatic nitrogens is 1. The molecule has 100 valence electrons. The van der Waals surface area contributed by atoms with E-state index in [2.05, 4.69) is 10.3 Å². The minimum absolute atomic E-state index is 0.0176. The summed E-state index contributed by atoms with van der Waals surface area (Å²) in [5.41, 5.74) is 1.93. The van der Waals surface area contributed by atoms with Gasteiger partial charge >= 0.3 is 0 Å². The molecule has 0 atom stereocenters. The minimum Gasteiger partial charge on any atom is -0.484 e. The molecule has 1 heterocycles. The van der Waals surface area contributed by atoms with Gasteiger partial charge in [-0.05, 0) is 26.0 Å². The van der Waals surface area contributed by atoms with E-state index in [9.17, 15) is 4.79 Å². The van der Waals surface area contributed by atoms with Gasteiger partial charge in [-0.1, -0.05) is 17.7 Å². The first-order chi connectivity index (χ1) is 9.15. The molecule has 2 rings (SSSR count). The predicted octanol–water partition coefficient (Wildman–Crippen LogP) is 1.99. The molecule has 0 saturated carbocycles. The van der Waals surface area contributed by atoms with Crippen LogP contribution in [0.3, 0.4) is 0 Å². The molecule has 0 aliphatic rings. The Morgan fingerprint density at radius 3 is 2.68 bits per heavy atom. The Kier molecular flexibility index (Phi) is 4.18. The molecule has 0 radical (unpaired) electrons. The van der Waals surface area contributed by atoms with E-state index in [1.54, 1.807) is 0 Å². The summed E-state index contributed by atoms with van der Waals surface area (Å²) in [7, 11) is 0. The molecule has 1 amide bonds. The number of oxazole rings is 1. The Labute approximate surface area is 111 Å². The molecule has 5 nitrogen and oxygen atoms in total. The number of hydrogen-bond acceptors (Lipinski definition) is 4. The van der Waals surface area contributed by atoms with Crippen LogP contribution in [0.1, 0.15) is 17.0 Å². The van der Waals surface area contributed by atoms with Crippen molar-refractivity contribution in [3.8, 4) is 5.75 Å². The quantitative estimate of drug-likeness (QED) is 0.892. The number of benzene rings is 1. The maximum atomic E-state index is 11.6. The summed E-state index contributed by atoms with van der Waals surface area (Å²) in [6.45, 7) is 4.13. The zero-order valence-corrected chi connectivity index (χ0v) is 11.0. The van der Waals surface area contributed by atoms with E-state index in [0.29, 0.717) is 18.1 Å². The second-order valence-electron chi connectivity index (χ2n) is 4.24. The number of nitrogens with zero attached hydrogens (tertiary/aromatic N) is 1. The fourth-order valence-corrected chi connectivity index (χ4v) is 1.51. The molecular formula is C14H16N2O3. The van der Waals surface area contributed by atoms with E-state index in [1.165, 1.54) is 6.39 Å². The average Bonchev–Trinajstić information content (AvgIpc) is 2.81. The Morgan fingerprint density at radius 2 is 2.05 bits per heavy atom. The van der Waals surface area contributed by atoms with Crippen LogP contribution in [0.4, 0.5) is 0 Å². The summed E-state index contributed by atoms with van der Waals surface area (Å²) in [5, 5.41) is 2.71. The average molecular weight is 260 g/mol. The number of nitrogens with one attached hydrogen (secondary N) is 1. The van der Waals surface area contributed by atoms with Crippen LogP contribution in [0.15, 0.2) is 35.1 Å². The molecule has 1 aromatic carbocycles. The van der Waals surface area contributed by atoms with Gasteiger partial charge in [-0.15, -0.1) is 0 Å². The third kappa shape index (κ3) is 3.84.